The summed E-state index contributed by atoms with van der Waals surface area (Å²) in [6.45, 7) is 3.42. The van der Waals surface area contributed by atoms with E-state index >= 15 is 0 Å². The van der Waals surface area contributed by atoms with Gasteiger partial charge in [-0.05, 0) is 6.92 Å². The van der Waals surface area contributed by atoms with Gasteiger partial charge >= 0.3 is 0 Å². The number of hydrogen-bond acceptors (Lipinski definition) is 3. The van der Waals surface area contributed by atoms with E-state index in [1.165, 1.54) is 6.20 Å². The van der Waals surface area contributed by atoms with Crippen molar-refractivity contribution in [3.63, 3.8) is 0 Å². The molecule has 0 aliphatic carbocycles. The maximum atomic E-state index is 10.5. The number of alkyl halides is 1. The first-order valence-corrected chi connectivity index (χ1v) is 3.91. The number of allylic oxidation sites excluding steroid dienone is 1. The van der Waals surface area contributed by atoms with E-state index in [1.807, 2.05) is 0 Å². The molecule has 1 aliphatic rings. The Bertz CT molecular complexity index is 271. The molecule has 12 heavy (non-hydrogen) atoms. The monoisotopic (exact) mass is 188 g/mol. The minimum atomic E-state index is -0.939. The molecule has 1 rings (SSSR count). The highest BCUT2D eigenvalue weighted by Crippen LogP contribution is 2.34. The Labute approximate surface area is 75.1 Å². The predicted molar refractivity (Wildman–Crippen MR) is 47.0 cm³/mol. The second-order valence-electron chi connectivity index (χ2n) is 2.93. The van der Waals surface area contributed by atoms with Gasteiger partial charge in [0.25, 0.3) is 5.70 Å². The number of rotatable bonds is 1. The Morgan fingerprint density at radius 3 is 2.83 bits per heavy atom. The second kappa shape index (κ2) is 2.86. The van der Waals surface area contributed by atoms with Gasteiger partial charge in [-0.15, -0.1) is 11.6 Å². The van der Waals surface area contributed by atoms with Crippen LogP contribution in [0.4, 0.5) is 0 Å². The van der Waals surface area contributed by atoms with Crippen LogP contribution in [0.2, 0.25) is 0 Å². The highest BCUT2D eigenvalue weighted by atomic mass is 35.5. The molecule has 0 amide bonds. The summed E-state index contributed by atoms with van der Waals surface area (Å²) in [7, 11) is 0. The van der Waals surface area contributed by atoms with Gasteiger partial charge in [-0.25, -0.2) is 0 Å². The highest BCUT2D eigenvalue weighted by molar-refractivity contribution is 6.26. The first kappa shape index (κ1) is 9.19. The summed E-state index contributed by atoms with van der Waals surface area (Å²) in [6.07, 6.45) is 2.81. The molecule has 2 atom stereocenters. The molecule has 0 bridgehead atoms. The average molecular weight is 189 g/mol. The van der Waals surface area contributed by atoms with Crippen molar-refractivity contribution in [3.8, 4) is 0 Å². The van der Waals surface area contributed by atoms with Gasteiger partial charge in [0.1, 0.15) is 11.1 Å². The molecule has 66 valence electrons. The third-order valence-corrected chi connectivity index (χ3v) is 2.60. The number of halogens is 1. The lowest BCUT2D eigenvalue weighted by molar-refractivity contribution is -0.432. The molecule has 0 radical (unpaired) electrons. The van der Waals surface area contributed by atoms with Gasteiger partial charge in [0.15, 0.2) is 0 Å². The molecule has 0 aromatic carbocycles. The van der Waals surface area contributed by atoms with Crippen molar-refractivity contribution >= 4 is 17.8 Å². The lowest BCUT2D eigenvalue weighted by Crippen LogP contribution is -2.35. The molecule has 0 aromatic heterocycles. The number of nitrogens with zero attached hydrogens (tertiary/aromatic N) is 2. The molecule has 0 N–H and O–H groups in total. The lowest BCUT2D eigenvalue weighted by Gasteiger charge is -2.24. The zero-order chi connectivity index (χ0) is 9.35. The largest absolute Gasteiger partial charge is 0.285 e. The van der Waals surface area contributed by atoms with Crippen LogP contribution in [0.5, 0.6) is 0 Å². The van der Waals surface area contributed by atoms with Gasteiger partial charge in [-0.3, -0.25) is 15.1 Å². The van der Waals surface area contributed by atoms with Crippen molar-refractivity contribution in [1.82, 2.24) is 0 Å². The van der Waals surface area contributed by atoms with E-state index in [0.717, 1.165) is 0 Å². The molecule has 0 saturated heterocycles. The first-order valence-electron chi connectivity index (χ1n) is 3.53. The van der Waals surface area contributed by atoms with Gasteiger partial charge in [-0.2, -0.15) is 0 Å². The van der Waals surface area contributed by atoms with Gasteiger partial charge in [0, 0.05) is 12.1 Å². The minimum Gasteiger partial charge on any atom is -0.262 e. The first-order chi connectivity index (χ1) is 5.46. The van der Waals surface area contributed by atoms with Crippen LogP contribution in [0.25, 0.3) is 0 Å². The summed E-state index contributed by atoms with van der Waals surface area (Å²) in [5.41, 5.74) is -0.0424. The minimum absolute atomic E-state index is 0.0424. The fraction of sp³-hybridized carbons (Fsp3) is 0.571. The molecule has 1 heterocycles. The fourth-order valence-corrected chi connectivity index (χ4v) is 1.14. The van der Waals surface area contributed by atoms with Crippen LogP contribution in [-0.4, -0.2) is 16.0 Å². The van der Waals surface area contributed by atoms with Crippen molar-refractivity contribution < 1.29 is 4.92 Å². The Kier molecular flexibility index (Phi) is 2.19. The van der Waals surface area contributed by atoms with Crippen molar-refractivity contribution in [3.05, 3.63) is 22.0 Å². The van der Waals surface area contributed by atoms with Crippen molar-refractivity contribution in [2.45, 2.75) is 18.7 Å². The summed E-state index contributed by atoms with van der Waals surface area (Å²) < 4.78 is 0. The maximum Gasteiger partial charge on any atom is 0.285 e. The van der Waals surface area contributed by atoms with E-state index in [9.17, 15) is 10.1 Å². The number of aliphatic imine (C=N–C) groups is 1. The summed E-state index contributed by atoms with van der Waals surface area (Å²) in [5.74, 6) is -0.121. The van der Waals surface area contributed by atoms with Gasteiger partial charge in [-0.1, -0.05) is 6.92 Å². The molecule has 2 unspecified atom stereocenters. The molecule has 5 heteroatoms. The van der Waals surface area contributed by atoms with Crippen LogP contribution >= 0.6 is 11.6 Å². The number of hydrogen-bond donors (Lipinski definition) is 0. The van der Waals surface area contributed by atoms with E-state index in [0.29, 0.717) is 0 Å². The normalized spacial score (nSPS) is 34.6. The SMILES string of the molecule is CC1C=NC=C([N+](=O)[O-])C1(C)Cl. The highest BCUT2D eigenvalue weighted by Gasteiger charge is 2.42. The zero-order valence-corrected chi connectivity index (χ0v) is 7.58. The third kappa shape index (κ3) is 1.34. The van der Waals surface area contributed by atoms with Crippen LogP contribution in [0.3, 0.4) is 0 Å². The standard InChI is InChI=1S/C7H9ClN2O2/c1-5-3-9-4-6(10(11)12)7(5,2)8/h3-5H,1-2H3. The Hall–Kier alpha value is -0.900. The fourth-order valence-electron chi connectivity index (χ4n) is 0.968. The molecular weight excluding hydrogens is 180 g/mol. The van der Waals surface area contributed by atoms with Gasteiger partial charge in [0.05, 0.1) is 4.92 Å². The Balaban J connectivity index is 3.06. The smallest absolute Gasteiger partial charge is 0.262 e. The van der Waals surface area contributed by atoms with E-state index in [-0.39, 0.29) is 11.6 Å². The molecule has 0 fully saturated rings. The third-order valence-electron chi connectivity index (χ3n) is 2.06. The summed E-state index contributed by atoms with van der Waals surface area (Å²) in [6, 6.07) is 0. The quantitative estimate of drug-likeness (QED) is 0.358. The van der Waals surface area contributed by atoms with Crippen LogP contribution in [0, 0.1) is 16.0 Å². The van der Waals surface area contributed by atoms with Crippen LogP contribution in [0.15, 0.2) is 16.9 Å². The summed E-state index contributed by atoms with van der Waals surface area (Å²) in [5, 5.41) is 10.5. The van der Waals surface area contributed by atoms with Crippen LogP contribution < -0.4 is 0 Å². The molecule has 0 spiro atoms. The second-order valence-corrected chi connectivity index (χ2v) is 3.72. The summed E-state index contributed by atoms with van der Waals surface area (Å²) >= 11 is 5.98. The van der Waals surface area contributed by atoms with E-state index < -0.39 is 9.80 Å². The molecular formula is C7H9ClN2O2. The van der Waals surface area contributed by atoms with E-state index in [4.69, 9.17) is 11.6 Å². The summed E-state index contributed by atoms with van der Waals surface area (Å²) in [4.78, 5) is 12.8. The van der Waals surface area contributed by atoms with E-state index in [1.54, 1.807) is 20.1 Å². The van der Waals surface area contributed by atoms with Gasteiger partial charge in [0.2, 0.25) is 0 Å². The van der Waals surface area contributed by atoms with Crippen LogP contribution in [-0.2, 0) is 0 Å². The average Bonchev–Trinajstić information content (AvgIpc) is 1.94. The Morgan fingerprint density at radius 2 is 2.42 bits per heavy atom. The molecule has 4 nitrogen and oxygen atoms in total. The molecule has 0 saturated carbocycles. The molecule has 0 aromatic rings. The van der Waals surface area contributed by atoms with Crippen molar-refractivity contribution in [1.29, 1.82) is 0 Å². The lowest BCUT2D eigenvalue weighted by atomic mass is 9.92. The zero-order valence-electron chi connectivity index (χ0n) is 6.82. The van der Waals surface area contributed by atoms with E-state index in [2.05, 4.69) is 4.99 Å². The number of nitro groups is 1. The predicted octanol–water partition coefficient (Wildman–Crippen LogP) is 1.82. The topological polar surface area (TPSA) is 55.5 Å². The van der Waals surface area contributed by atoms with Crippen molar-refractivity contribution in [2.75, 3.05) is 0 Å². The van der Waals surface area contributed by atoms with Crippen molar-refractivity contribution in [2.24, 2.45) is 10.9 Å². The van der Waals surface area contributed by atoms with Gasteiger partial charge < -0.3 is 0 Å². The van der Waals surface area contributed by atoms with Crippen LogP contribution in [0.1, 0.15) is 13.8 Å². The maximum absolute atomic E-state index is 10.5. The molecule has 1 aliphatic heterocycles. The Morgan fingerprint density at radius 1 is 1.83 bits per heavy atom.